The Hall–Kier alpha value is -1.69. The van der Waals surface area contributed by atoms with Gasteiger partial charge < -0.3 is 10.1 Å². The molecule has 1 N–H and O–H groups in total. The van der Waals surface area contributed by atoms with Crippen molar-refractivity contribution in [2.45, 2.75) is 91.0 Å². The Balaban J connectivity index is 1.24. The highest BCUT2D eigenvalue weighted by Gasteiger charge is 2.59. The summed E-state index contributed by atoms with van der Waals surface area (Å²) in [6.07, 6.45) is 12.2. The van der Waals surface area contributed by atoms with Gasteiger partial charge in [0.15, 0.2) is 5.78 Å². The van der Waals surface area contributed by atoms with Gasteiger partial charge in [-0.1, -0.05) is 24.6 Å². The number of oxime groups is 1. The number of nitrogens with one attached hydrogen (secondary N) is 1. The van der Waals surface area contributed by atoms with Gasteiger partial charge in [0, 0.05) is 18.4 Å². The summed E-state index contributed by atoms with van der Waals surface area (Å²) in [5.74, 6) is 2.78. The molecule has 4 aliphatic carbocycles. The Kier molecular flexibility index (Phi) is 6.17. The van der Waals surface area contributed by atoms with Gasteiger partial charge in [-0.3, -0.25) is 9.63 Å². The van der Waals surface area contributed by atoms with Crippen LogP contribution in [0.25, 0.3) is 0 Å². The third-order valence-corrected chi connectivity index (χ3v) is 10.3. The lowest BCUT2D eigenvalue weighted by Gasteiger charge is -2.58. The van der Waals surface area contributed by atoms with Crippen LogP contribution >= 0.6 is 0 Å². The minimum absolute atomic E-state index is 0.206. The highest BCUT2D eigenvalue weighted by Crippen LogP contribution is 2.66. The minimum Gasteiger partial charge on any atom is -0.431 e. The van der Waals surface area contributed by atoms with Crippen molar-refractivity contribution in [2.24, 2.45) is 39.7 Å². The molecule has 0 radical (unpaired) electrons. The summed E-state index contributed by atoms with van der Waals surface area (Å²) in [5.41, 5.74) is 2.77. The van der Waals surface area contributed by atoms with Crippen LogP contribution in [0.4, 0.5) is 4.79 Å². The average molecular weight is 457 g/mol. The summed E-state index contributed by atoms with van der Waals surface area (Å²) in [4.78, 5) is 29.3. The number of nitrogens with zero attached hydrogens (tertiary/aromatic N) is 1. The van der Waals surface area contributed by atoms with Gasteiger partial charge in [-0.05, 0) is 106 Å². The van der Waals surface area contributed by atoms with Crippen molar-refractivity contribution in [1.82, 2.24) is 5.32 Å². The third kappa shape index (κ3) is 4.06. The molecule has 0 amide bonds. The highest BCUT2D eigenvalue weighted by atomic mass is 16.8. The summed E-state index contributed by atoms with van der Waals surface area (Å²) < 4.78 is 5.25. The van der Waals surface area contributed by atoms with Gasteiger partial charge in [-0.15, -0.1) is 0 Å². The molecule has 6 nitrogen and oxygen atoms in total. The molecule has 0 aromatic rings. The number of fused-ring (bicyclic) bond motifs is 5. The van der Waals surface area contributed by atoms with E-state index < -0.39 is 6.16 Å². The molecule has 0 aromatic carbocycles. The van der Waals surface area contributed by atoms with Crippen LogP contribution < -0.4 is 5.32 Å². The van der Waals surface area contributed by atoms with Crippen molar-refractivity contribution in [2.75, 3.05) is 13.2 Å². The number of carbonyl (C=O) groups excluding carboxylic acids is 2. The van der Waals surface area contributed by atoms with E-state index in [-0.39, 0.29) is 16.9 Å². The molecule has 0 unspecified atom stereocenters. The zero-order valence-corrected chi connectivity index (χ0v) is 20.5. The SMILES string of the molecule is C/C(=N\OC(=O)OC[C@@H]1CCCN1)[C@H]1CC[C@H]2[C@@H]3CCC4=CC(=O)CC[C@]4(C)[C@H]3CC[C@]12C. The van der Waals surface area contributed by atoms with E-state index in [2.05, 4.69) is 24.3 Å². The lowest BCUT2D eigenvalue weighted by Crippen LogP contribution is -2.51. The molecule has 5 rings (SSSR count). The second-order valence-electron chi connectivity index (χ2n) is 11.8. The molecule has 0 bridgehead atoms. The third-order valence-electron chi connectivity index (χ3n) is 10.3. The van der Waals surface area contributed by atoms with Gasteiger partial charge in [0.2, 0.25) is 0 Å². The Morgan fingerprint density at radius 1 is 1.12 bits per heavy atom. The Morgan fingerprint density at radius 3 is 2.76 bits per heavy atom. The van der Waals surface area contributed by atoms with E-state index in [1.54, 1.807) is 0 Å². The van der Waals surface area contributed by atoms with E-state index in [1.165, 1.54) is 31.3 Å². The molecular weight excluding hydrogens is 416 g/mol. The largest absolute Gasteiger partial charge is 0.535 e. The number of hydrogen-bond donors (Lipinski definition) is 1. The summed E-state index contributed by atoms with van der Waals surface area (Å²) >= 11 is 0. The highest BCUT2D eigenvalue weighted by molar-refractivity contribution is 5.91. The van der Waals surface area contributed by atoms with Crippen LogP contribution in [0.3, 0.4) is 0 Å². The molecule has 7 atom stereocenters. The first-order valence-corrected chi connectivity index (χ1v) is 13.2. The number of ether oxygens (including phenoxy) is 1. The van der Waals surface area contributed by atoms with Crippen LogP contribution in [-0.2, 0) is 14.4 Å². The summed E-state index contributed by atoms with van der Waals surface area (Å²) in [7, 11) is 0. The Labute approximate surface area is 197 Å². The maximum atomic E-state index is 12.1. The van der Waals surface area contributed by atoms with Crippen molar-refractivity contribution in [3.63, 3.8) is 0 Å². The van der Waals surface area contributed by atoms with Crippen molar-refractivity contribution < 1.29 is 19.2 Å². The molecule has 0 aromatic heterocycles. The van der Waals surface area contributed by atoms with Gasteiger partial charge in [0.25, 0.3) is 0 Å². The van der Waals surface area contributed by atoms with Gasteiger partial charge in [-0.25, -0.2) is 4.79 Å². The molecule has 182 valence electrons. The normalized spacial score (nSPS) is 42.8. The van der Waals surface area contributed by atoms with Crippen LogP contribution in [-0.4, -0.2) is 36.8 Å². The number of allylic oxidation sites excluding steroid dienone is 1. The summed E-state index contributed by atoms with van der Waals surface area (Å²) in [6, 6.07) is 0.238. The van der Waals surface area contributed by atoms with Gasteiger partial charge in [0.05, 0.1) is 5.71 Å². The predicted octanol–water partition coefficient (Wildman–Crippen LogP) is 5.42. The monoisotopic (exact) mass is 456 g/mol. The average Bonchev–Trinajstić information content (AvgIpc) is 3.44. The molecular formula is C27H40N2O4. The van der Waals surface area contributed by atoms with E-state index in [0.29, 0.717) is 36.6 Å². The van der Waals surface area contributed by atoms with E-state index in [1.807, 2.05) is 13.0 Å². The fraction of sp³-hybridized carbons (Fsp3) is 0.815. The number of ketones is 1. The van der Waals surface area contributed by atoms with Crippen LogP contribution in [0.5, 0.6) is 0 Å². The first-order valence-electron chi connectivity index (χ1n) is 13.2. The lowest BCUT2D eigenvalue weighted by atomic mass is 9.46. The van der Waals surface area contributed by atoms with Crippen LogP contribution in [0.1, 0.15) is 85.0 Å². The maximum absolute atomic E-state index is 12.1. The topological polar surface area (TPSA) is 77.0 Å². The van der Waals surface area contributed by atoms with E-state index in [4.69, 9.17) is 9.57 Å². The Bertz CT molecular complexity index is 860. The first-order chi connectivity index (χ1) is 15.8. The molecule has 33 heavy (non-hydrogen) atoms. The van der Waals surface area contributed by atoms with Crippen molar-refractivity contribution >= 4 is 17.7 Å². The van der Waals surface area contributed by atoms with Gasteiger partial charge in [0.1, 0.15) is 6.61 Å². The van der Waals surface area contributed by atoms with Crippen molar-refractivity contribution in [3.05, 3.63) is 11.6 Å². The number of carbonyl (C=O) groups is 2. The molecule has 4 fully saturated rings. The number of rotatable bonds is 4. The standard InChI is InChI=1S/C27H40N2O4/c1-17(29-33-25(31)32-16-19-5-4-14-28-19)22-8-9-23-21-7-6-18-15-20(30)10-12-26(18,2)24(21)11-13-27(22,23)3/h15,19,21-24,28H,4-14,16H2,1-3H3/b29-17+/t19-,21-,22+,23-,24-,26-,27+/m0/s1. The molecule has 6 heteroatoms. The van der Waals surface area contributed by atoms with E-state index in [9.17, 15) is 9.59 Å². The zero-order valence-electron chi connectivity index (χ0n) is 20.5. The minimum atomic E-state index is -0.696. The summed E-state index contributed by atoms with van der Waals surface area (Å²) in [5, 5.41) is 7.57. The smallest absolute Gasteiger partial charge is 0.431 e. The van der Waals surface area contributed by atoms with Crippen LogP contribution in [0.2, 0.25) is 0 Å². The maximum Gasteiger partial charge on any atom is 0.535 e. The van der Waals surface area contributed by atoms with Crippen molar-refractivity contribution in [1.29, 1.82) is 0 Å². The lowest BCUT2D eigenvalue weighted by molar-refractivity contribution is -0.117. The van der Waals surface area contributed by atoms with Gasteiger partial charge >= 0.3 is 6.16 Å². The first kappa shape index (κ1) is 23.1. The molecule has 5 aliphatic rings. The quantitative estimate of drug-likeness (QED) is 0.265. The van der Waals surface area contributed by atoms with E-state index >= 15 is 0 Å². The van der Waals surface area contributed by atoms with E-state index in [0.717, 1.165) is 50.3 Å². The molecule has 0 spiro atoms. The van der Waals surface area contributed by atoms with Crippen molar-refractivity contribution in [3.8, 4) is 0 Å². The van der Waals surface area contributed by atoms with Crippen LogP contribution in [0.15, 0.2) is 16.8 Å². The fourth-order valence-electron chi connectivity index (χ4n) is 8.51. The fourth-order valence-corrected chi connectivity index (χ4v) is 8.51. The predicted molar refractivity (Wildman–Crippen MR) is 127 cm³/mol. The second kappa shape index (κ2) is 8.83. The molecule has 1 aliphatic heterocycles. The molecule has 1 heterocycles. The molecule has 3 saturated carbocycles. The van der Waals surface area contributed by atoms with Gasteiger partial charge in [-0.2, -0.15) is 0 Å². The summed E-state index contributed by atoms with van der Waals surface area (Å²) in [6.45, 7) is 8.24. The zero-order chi connectivity index (χ0) is 23.2. The second-order valence-corrected chi connectivity index (χ2v) is 11.8. The Morgan fingerprint density at radius 2 is 1.97 bits per heavy atom. The number of hydrogen-bond acceptors (Lipinski definition) is 6. The molecule has 1 saturated heterocycles. The van der Waals surface area contributed by atoms with Crippen LogP contribution in [0, 0.1) is 34.5 Å².